The van der Waals surface area contributed by atoms with E-state index in [1.165, 1.54) is 0 Å². The first-order valence-electron chi connectivity index (χ1n) is 4.28. The number of nitrogens with zero attached hydrogens (tertiary/aromatic N) is 1. The predicted octanol–water partition coefficient (Wildman–Crippen LogP) is 0.382. The largest absolute Gasteiger partial charge is 0.448 e. The molecule has 0 unspecified atom stereocenters. The molecule has 69 valence electrons. The van der Waals surface area contributed by atoms with E-state index >= 15 is 0 Å². The Morgan fingerprint density at radius 1 is 1.50 bits per heavy atom. The molecule has 4 nitrogen and oxygen atoms in total. The third kappa shape index (κ3) is 2.70. The summed E-state index contributed by atoms with van der Waals surface area (Å²) in [5.41, 5.74) is 5.20. The van der Waals surface area contributed by atoms with Crippen molar-refractivity contribution >= 4 is 6.09 Å². The lowest BCUT2D eigenvalue weighted by Crippen LogP contribution is -2.36. The first kappa shape index (κ1) is 9.32. The van der Waals surface area contributed by atoms with Crippen LogP contribution in [-0.2, 0) is 4.74 Å². The molecular formula is C8H15N2O2. The summed E-state index contributed by atoms with van der Waals surface area (Å²) in [6.07, 6.45) is 3.90. The molecule has 0 aromatic carbocycles. The average Bonchev–Trinajstić information content (AvgIpc) is 2.15. The summed E-state index contributed by atoms with van der Waals surface area (Å²) < 4.78 is 4.88. The van der Waals surface area contributed by atoms with Crippen LogP contribution in [0, 0.1) is 6.42 Å². The Morgan fingerprint density at radius 3 is 2.75 bits per heavy atom. The fourth-order valence-electron chi connectivity index (χ4n) is 1.17. The van der Waals surface area contributed by atoms with Crippen molar-refractivity contribution in [3.63, 3.8) is 0 Å². The number of likely N-dealkylation sites (tertiary alicyclic amines) is 1. The molecule has 1 fully saturated rings. The van der Waals surface area contributed by atoms with Crippen LogP contribution in [0.1, 0.15) is 12.8 Å². The first-order valence-corrected chi connectivity index (χ1v) is 4.28. The topological polar surface area (TPSA) is 55.6 Å². The van der Waals surface area contributed by atoms with E-state index in [0.717, 1.165) is 25.9 Å². The third-order valence-corrected chi connectivity index (χ3v) is 1.81. The maximum Gasteiger partial charge on any atom is 0.409 e. The summed E-state index contributed by atoms with van der Waals surface area (Å²) in [7, 11) is 0. The maximum absolute atomic E-state index is 11.2. The van der Waals surface area contributed by atoms with Crippen molar-refractivity contribution in [2.24, 2.45) is 5.73 Å². The molecular weight excluding hydrogens is 156 g/mol. The number of hydrogen-bond donors (Lipinski definition) is 1. The monoisotopic (exact) mass is 171 g/mol. The number of rotatable bonds is 2. The fraction of sp³-hybridized carbons (Fsp3) is 0.750. The minimum Gasteiger partial charge on any atom is -0.448 e. The summed E-state index contributed by atoms with van der Waals surface area (Å²) in [6, 6.07) is 0. The van der Waals surface area contributed by atoms with E-state index in [9.17, 15) is 4.79 Å². The molecule has 0 aromatic rings. The molecule has 0 aromatic heterocycles. The minimum atomic E-state index is -0.228. The second-order valence-electron chi connectivity index (χ2n) is 2.76. The molecule has 0 aliphatic carbocycles. The number of nitrogens with two attached hydrogens (primary N) is 1. The van der Waals surface area contributed by atoms with E-state index in [4.69, 9.17) is 10.5 Å². The van der Waals surface area contributed by atoms with Crippen LogP contribution in [0.3, 0.4) is 0 Å². The van der Waals surface area contributed by atoms with E-state index in [0.29, 0.717) is 13.2 Å². The Labute approximate surface area is 72.7 Å². The van der Waals surface area contributed by atoms with E-state index in [-0.39, 0.29) is 6.09 Å². The van der Waals surface area contributed by atoms with Gasteiger partial charge in [-0.05, 0) is 19.3 Å². The Hall–Kier alpha value is -0.770. The minimum absolute atomic E-state index is 0.228. The van der Waals surface area contributed by atoms with Gasteiger partial charge in [0.2, 0.25) is 0 Å². The molecule has 1 radical (unpaired) electrons. The van der Waals surface area contributed by atoms with Crippen LogP contribution in [0.2, 0.25) is 0 Å². The van der Waals surface area contributed by atoms with Gasteiger partial charge in [-0.1, -0.05) is 0 Å². The van der Waals surface area contributed by atoms with Gasteiger partial charge in [0, 0.05) is 19.6 Å². The van der Waals surface area contributed by atoms with Crippen molar-refractivity contribution in [3.05, 3.63) is 6.42 Å². The lowest BCUT2D eigenvalue weighted by atomic mass is 10.1. The second-order valence-corrected chi connectivity index (χ2v) is 2.76. The molecule has 1 aliphatic rings. The molecule has 0 spiro atoms. The quantitative estimate of drug-likeness (QED) is 0.653. The SMILES string of the molecule is NCCOC(=O)N1CC[CH]CC1. The van der Waals surface area contributed by atoms with Crippen LogP contribution < -0.4 is 5.73 Å². The number of hydrogen-bond acceptors (Lipinski definition) is 3. The van der Waals surface area contributed by atoms with Crippen molar-refractivity contribution in [1.29, 1.82) is 0 Å². The van der Waals surface area contributed by atoms with Gasteiger partial charge in [-0.3, -0.25) is 0 Å². The zero-order valence-corrected chi connectivity index (χ0v) is 7.16. The van der Waals surface area contributed by atoms with Gasteiger partial charge in [-0.2, -0.15) is 0 Å². The number of amides is 1. The molecule has 0 saturated carbocycles. The molecule has 1 saturated heterocycles. The highest BCUT2D eigenvalue weighted by atomic mass is 16.6. The lowest BCUT2D eigenvalue weighted by Gasteiger charge is -2.25. The standard InChI is InChI=1S/C8H15N2O2/c9-4-7-12-8(11)10-5-2-1-3-6-10/h1H,2-7,9H2. The number of piperidine rings is 1. The molecule has 2 N–H and O–H groups in total. The van der Waals surface area contributed by atoms with Crippen LogP contribution in [0.15, 0.2) is 0 Å². The molecule has 4 heteroatoms. The predicted molar refractivity (Wildman–Crippen MR) is 45.5 cm³/mol. The van der Waals surface area contributed by atoms with Gasteiger partial charge in [0.1, 0.15) is 6.61 Å². The van der Waals surface area contributed by atoms with Gasteiger partial charge < -0.3 is 15.4 Å². The normalized spacial score (nSPS) is 17.6. The van der Waals surface area contributed by atoms with Crippen LogP contribution >= 0.6 is 0 Å². The molecule has 0 atom stereocenters. The van der Waals surface area contributed by atoms with Gasteiger partial charge >= 0.3 is 6.09 Å². The number of ether oxygens (including phenoxy) is 1. The van der Waals surface area contributed by atoms with Crippen LogP contribution in [0.5, 0.6) is 0 Å². The third-order valence-electron chi connectivity index (χ3n) is 1.81. The highest BCUT2D eigenvalue weighted by molar-refractivity contribution is 5.67. The zero-order chi connectivity index (χ0) is 8.81. The number of carbonyl (C=O) groups excluding carboxylic acids is 1. The second kappa shape index (κ2) is 4.98. The van der Waals surface area contributed by atoms with Crippen molar-refractivity contribution < 1.29 is 9.53 Å². The Bertz CT molecular complexity index is 144. The van der Waals surface area contributed by atoms with E-state index in [2.05, 4.69) is 6.42 Å². The molecule has 0 bridgehead atoms. The van der Waals surface area contributed by atoms with Crippen molar-refractivity contribution in [2.75, 3.05) is 26.2 Å². The molecule has 1 aliphatic heterocycles. The highest BCUT2D eigenvalue weighted by Crippen LogP contribution is 2.08. The Morgan fingerprint density at radius 2 is 2.17 bits per heavy atom. The molecule has 1 heterocycles. The van der Waals surface area contributed by atoms with E-state index < -0.39 is 0 Å². The van der Waals surface area contributed by atoms with Gasteiger partial charge in [0.25, 0.3) is 0 Å². The Kier molecular flexibility index (Phi) is 3.87. The maximum atomic E-state index is 11.2. The summed E-state index contributed by atoms with van der Waals surface area (Å²) in [5.74, 6) is 0. The Balaban J connectivity index is 2.20. The van der Waals surface area contributed by atoms with Gasteiger partial charge in [-0.25, -0.2) is 4.79 Å². The van der Waals surface area contributed by atoms with Gasteiger partial charge in [0.15, 0.2) is 0 Å². The fourth-order valence-corrected chi connectivity index (χ4v) is 1.17. The zero-order valence-electron chi connectivity index (χ0n) is 7.16. The van der Waals surface area contributed by atoms with Crippen molar-refractivity contribution in [3.8, 4) is 0 Å². The van der Waals surface area contributed by atoms with Gasteiger partial charge in [0.05, 0.1) is 0 Å². The van der Waals surface area contributed by atoms with Crippen LogP contribution in [-0.4, -0.2) is 37.2 Å². The molecule has 1 amide bonds. The number of carbonyl (C=O) groups is 1. The first-order chi connectivity index (χ1) is 5.84. The summed E-state index contributed by atoms with van der Waals surface area (Å²) >= 11 is 0. The smallest absolute Gasteiger partial charge is 0.409 e. The summed E-state index contributed by atoms with van der Waals surface area (Å²) in [5, 5.41) is 0. The van der Waals surface area contributed by atoms with Crippen molar-refractivity contribution in [2.45, 2.75) is 12.8 Å². The van der Waals surface area contributed by atoms with Gasteiger partial charge in [-0.15, -0.1) is 0 Å². The molecule has 1 rings (SSSR count). The lowest BCUT2D eigenvalue weighted by molar-refractivity contribution is 0.102. The highest BCUT2D eigenvalue weighted by Gasteiger charge is 2.16. The average molecular weight is 171 g/mol. The molecule has 12 heavy (non-hydrogen) atoms. The van der Waals surface area contributed by atoms with E-state index in [1.807, 2.05) is 0 Å². The van der Waals surface area contributed by atoms with E-state index in [1.54, 1.807) is 4.90 Å². The van der Waals surface area contributed by atoms with Crippen LogP contribution in [0.25, 0.3) is 0 Å². The van der Waals surface area contributed by atoms with Crippen molar-refractivity contribution in [1.82, 2.24) is 4.90 Å². The summed E-state index contributed by atoms with van der Waals surface area (Å²) in [4.78, 5) is 12.9. The van der Waals surface area contributed by atoms with Crippen LogP contribution in [0.4, 0.5) is 4.79 Å². The summed E-state index contributed by atoms with van der Waals surface area (Å²) in [6.45, 7) is 2.28.